The molecule has 0 aliphatic rings. The molecule has 10 heteroatoms. The lowest BCUT2D eigenvalue weighted by molar-refractivity contribution is -0.147. The Morgan fingerprint density at radius 3 is 1.05 bits per heavy atom. The highest BCUT2D eigenvalue weighted by Crippen LogP contribution is 2.41. The van der Waals surface area contributed by atoms with Gasteiger partial charge in [-0.1, -0.05) is 0 Å². The molecule has 0 aliphatic heterocycles. The van der Waals surface area contributed by atoms with Crippen molar-refractivity contribution < 1.29 is 47.5 Å². The molecule has 0 heterocycles. The zero-order chi connectivity index (χ0) is 28.2. The van der Waals surface area contributed by atoms with E-state index in [1.165, 1.54) is 28.1 Å². The van der Waals surface area contributed by atoms with E-state index in [-0.39, 0.29) is 25.0 Å². The van der Waals surface area contributed by atoms with E-state index in [9.17, 15) is 9.59 Å². The van der Waals surface area contributed by atoms with E-state index in [4.69, 9.17) is 37.9 Å². The molecule has 2 atom stereocenters. The number of hydrogen-bond acceptors (Lipinski definition) is 10. The van der Waals surface area contributed by atoms with Gasteiger partial charge in [0, 0.05) is 25.7 Å². The van der Waals surface area contributed by atoms with Gasteiger partial charge in [0.1, 0.15) is 0 Å². The fraction of sp³-hybridized carbons (Fsp3) is 0.500. The predicted octanol–water partition coefficient (Wildman–Crippen LogP) is 3.88. The molecule has 0 aromatic heterocycles. The second kappa shape index (κ2) is 14.8. The van der Waals surface area contributed by atoms with Crippen molar-refractivity contribution in [2.45, 2.75) is 26.7 Å². The van der Waals surface area contributed by atoms with Gasteiger partial charge in [-0.05, 0) is 48.2 Å². The molecule has 0 spiro atoms. The van der Waals surface area contributed by atoms with Crippen molar-refractivity contribution in [3.8, 4) is 34.5 Å². The molecule has 2 aromatic rings. The third kappa shape index (κ3) is 8.09. The number of hydrogen-bond donors (Lipinski definition) is 0. The minimum Gasteiger partial charge on any atom is -0.493 e. The molecule has 0 N–H and O–H groups in total. The fourth-order valence-electron chi connectivity index (χ4n) is 4.28. The Morgan fingerprint density at radius 1 is 0.553 bits per heavy atom. The van der Waals surface area contributed by atoms with Crippen LogP contribution in [0.5, 0.6) is 34.5 Å². The highest BCUT2D eigenvalue weighted by molar-refractivity contribution is 5.66. The Bertz CT molecular complexity index is 946. The summed E-state index contributed by atoms with van der Waals surface area (Å²) >= 11 is 0. The van der Waals surface area contributed by atoms with Crippen LogP contribution in [0.3, 0.4) is 0 Å². The number of methoxy groups -OCH3 is 6. The Labute approximate surface area is 224 Å². The fourth-order valence-corrected chi connectivity index (χ4v) is 4.28. The van der Waals surface area contributed by atoms with E-state index >= 15 is 0 Å². The molecule has 2 aromatic carbocycles. The summed E-state index contributed by atoms with van der Waals surface area (Å²) in [5.41, 5.74) is 1.74. The van der Waals surface area contributed by atoms with Gasteiger partial charge in [-0.3, -0.25) is 9.59 Å². The molecular formula is C28H38O10. The van der Waals surface area contributed by atoms with E-state index in [0.717, 1.165) is 11.1 Å². The van der Waals surface area contributed by atoms with Gasteiger partial charge in [0.25, 0.3) is 0 Å². The standard InChI is InChI=1S/C28H38O10/c1-17(29)37-15-21(9-19-11-23(31-3)27(35-7)24(12-19)32-4)22(16-38-18(2)30)10-20-13-25(33-5)28(36-8)26(14-20)34-6/h11-14,21-22H,9-10,15-16H2,1-8H3. The average Bonchev–Trinajstić information content (AvgIpc) is 2.91. The average molecular weight is 535 g/mol. The van der Waals surface area contributed by atoms with Crippen molar-refractivity contribution in [2.75, 3.05) is 55.9 Å². The molecule has 0 bridgehead atoms. The van der Waals surface area contributed by atoms with Crippen LogP contribution in [0.4, 0.5) is 0 Å². The van der Waals surface area contributed by atoms with E-state index in [0.29, 0.717) is 47.3 Å². The van der Waals surface area contributed by atoms with Gasteiger partial charge in [0.2, 0.25) is 11.5 Å². The Hall–Kier alpha value is -3.82. The maximum absolute atomic E-state index is 11.8. The number of esters is 2. The van der Waals surface area contributed by atoms with Crippen LogP contribution in [0, 0.1) is 11.8 Å². The van der Waals surface area contributed by atoms with Gasteiger partial charge in [-0.25, -0.2) is 0 Å². The van der Waals surface area contributed by atoms with Crippen molar-refractivity contribution >= 4 is 11.9 Å². The maximum atomic E-state index is 11.8. The summed E-state index contributed by atoms with van der Waals surface area (Å²) < 4.78 is 43.8. The van der Waals surface area contributed by atoms with Crippen molar-refractivity contribution in [1.82, 2.24) is 0 Å². The largest absolute Gasteiger partial charge is 0.493 e. The first-order valence-corrected chi connectivity index (χ1v) is 12.1. The Kier molecular flexibility index (Phi) is 11.8. The van der Waals surface area contributed by atoms with Crippen molar-refractivity contribution in [3.63, 3.8) is 0 Å². The minimum absolute atomic E-state index is 0.113. The lowest BCUT2D eigenvalue weighted by Crippen LogP contribution is -2.30. The maximum Gasteiger partial charge on any atom is 0.302 e. The summed E-state index contributed by atoms with van der Waals surface area (Å²) in [7, 11) is 9.26. The quantitative estimate of drug-likeness (QED) is 0.312. The first-order chi connectivity index (χ1) is 18.2. The summed E-state index contributed by atoms with van der Waals surface area (Å²) in [6, 6.07) is 7.41. The molecule has 0 radical (unpaired) electrons. The minimum atomic E-state index is -0.404. The number of ether oxygens (including phenoxy) is 8. The molecule has 0 amide bonds. The molecule has 10 nitrogen and oxygen atoms in total. The molecule has 2 unspecified atom stereocenters. The summed E-state index contributed by atoms with van der Waals surface area (Å²) in [6.45, 7) is 2.94. The lowest BCUT2D eigenvalue weighted by Gasteiger charge is -2.28. The van der Waals surface area contributed by atoms with Gasteiger partial charge in [0.05, 0.1) is 55.9 Å². The number of benzene rings is 2. The van der Waals surface area contributed by atoms with Gasteiger partial charge >= 0.3 is 11.9 Å². The zero-order valence-corrected chi connectivity index (χ0v) is 23.4. The van der Waals surface area contributed by atoms with Crippen molar-refractivity contribution in [3.05, 3.63) is 35.4 Å². The first-order valence-electron chi connectivity index (χ1n) is 12.1. The van der Waals surface area contributed by atoms with Crippen molar-refractivity contribution in [1.29, 1.82) is 0 Å². The monoisotopic (exact) mass is 534 g/mol. The second-order valence-corrected chi connectivity index (χ2v) is 8.60. The van der Waals surface area contributed by atoms with Gasteiger partial charge in [-0.2, -0.15) is 0 Å². The molecule has 0 aliphatic carbocycles. The summed E-state index contributed by atoms with van der Waals surface area (Å²) in [5, 5.41) is 0. The van der Waals surface area contributed by atoms with Gasteiger partial charge in [0.15, 0.2) is 23.0 Å². The van der Waals surface area contributed by atoms with Gasteiger partial charge < -0.3 is 37.9 Å². The summed E-state index contributed by atoms with van der Waals surface area (Å²) in [4.78, 5) is 23.5. The van der Waals surface area contributed by atoms with Crippen LogP contribution in [0.1, 0.15) is 25.0 Å². The van der Waals surface area contributed by atoms with Crippen LogP contribution < -0.4 is 28.4 Å². The molecule has 0 saturated heterocycles. The highest BCUT2D eigenvalue weighted by atomic mass is 16.5. The summed E-state index contributed by atoms with van der Waals surface area (Å²) in [6.07, 6.45) is 0.945. The molecule has 38 heavy (non-hydrogen) atoms. The van der Waals surface area contributed by atoms with Crippen LogP contribution in [-0.2, 0) is 31.9 Å². The highest BCUT2D eigenvalue weighted by Gasteiger charge is 2.27. The number of carbonyl (C=O) groups is 2. The van der Waals surface area contributed by atoms with E-state index in [1.54, 1.807) is 28.4 Å². The van der Waals surface area contributed by atoms with Crippen LogP contribution in [-0.4, -0.2) is 67.8 Å². The Morgan fingerprint density at radius 2 is 0.842 bits per heavy atom. The topological polar surface area (TPSA) is 108 Å². The molecule has 210 valence electrons. The third-order valence-electron chi connectivity index (χ3n) is 6.11. The van der Waals surface area contributed by atoms with Crippen LogP contribution in [0.15, 0.2) is 24.3 Å². The van der Waals surface area contributed by atoms with Gasteiger partial charge in [-0.15, -0.1) is 0 Å². The van der Waals surface area contributed by atoms with E-state index in [1.807, 2.05) is 24.3 Å². The summed E-state index contributed by atoms with van der Waals surface area (Å²) in [5.74, 6) is 1.71. The molecular weight excluding hydrogens is 496 g/mol. The van der Waals surface area contributed by atoms with E-state index < -0.39 is 11.9 Å². The smallest absolute Gasteiger partial charge is 0.302 e. The predicted molar refractivity (Wildman–Crippen MR) is 140 cm³/mol. The zero-order valence-electron chi connectivity index (χ0n) is 23.4. The van der Waals surface area contributed by atoms with Crippen LogP contribution in [0.2, 0.25) is 0 Å². The second-order valence-electron chi connectivity index (χ2n) is 8.60. The Balaban J connectivity index is 2.52. The van der Waals surface area contributed by atoms with E-state index in [2.05, 4.69) is 0 Å². The third-order valence-corrected chi connectivity index (χ3v) is 6.11. The molecule has 2 rings (SSSR count). The van der Waals surface area contributed by atoms with Crippen LogP contribution in [0.25, 0.3) is 0 Å². The van der Waals surface area contributed by atoms with Crippen molar-refractivity contribution in [2.24, 2.45) is 11.8 Å². The lowest BCUT2D eigenvalue weighted by atomic mass is 9.83. The number of carbonyl (C=O) groups excluding carboxylic acids is 2. The molecule has 0 saturated carbocycles. The van der Waals surface area contributed by atoms with Crippen LogP contribution >= 0.6 is 0 Å². The number of rotatable bonds is 15. The first kappa shape index (κ1) is 30.4. The molecule has 0 fully saturated rings. The normalized spacial score (nSPS) is 12.1. The SMILES string of the molecule is COc1cc(CC(COC(C)=O)C(COC(C)=O)Cc2cc(OC)c(OC)c(OC)c2)cc(OC)c1OC.